The van der Waals surface area contributed by atoms with Crippen molar-refractivity contribution in [3.05, 3.63) is 76.4 Å². The lowest BCUT2D eigenvalue weighted by Crippen LogP contribution is -2.37. The molecule has 7 heteroatoms. The molecule has 4 rings (SSSR count). The predicted molar refractivity (Wildman–Crippen MR) is 140 cm³/mol. The van der Waals surface area contributed by atoms with Crippen LogP contribution in [0.3, 0.4) is 0 Å². The number of carbonyl (C=O) groups is 1. The number of amides is 1. The minimum atomic E-state index is -0.0637. The summed E-state index contributed by atoms with van der Waals surface area (Å²) in [7, 11) is 0. The third kappa shape index (κ3) is 6.58. The average Bonchev–Trinajstić information content (AvgIpc) is 2.84. The first-order valence-electron chi connectivity index (χ1n) is 11.6. The summed E-state index contributed by atoms with van der Waals surface area (Å²) in [6, 6.07) is 17.3. The molecule has 1 heterocycles. The second kappa shape index (κ2) is 11.5. The number of aliphatic imine (C=N–C) groups is 1. The molecule has 2 aromatic carbocycles. The Bertz CT molecular complexity index is 1150. The van der Waals surface area contributed by atoms with Gasteiger partial charge in [0.2, 0.25) is 5.91 Å². The van der Waals surface area contributed by atoms with Crippen molar-refractivity contribution in [3.63, 3.8) is 0 Å². The summed E-state index contributed by atoms with van der Waals surface area (Å²) in [5, 5.41) is 4.07. The second-order valence-electron chi connectivity index (χ2n) is 8.71. The molecule has 1 fully saturated rings. The maximum absolute atomic E-state index is 12.3. The van der Waals surface area contributed by atoms with Crippen molar-refractivity contribution in [2.45, 2.75) is 45.1 Å². The lowest BCUT2D eigenvalue weighted by atomic mass is 9.87. The van der Waals surface area contributed by atoms with Crippen LogP contribution in [0.2, 0.25) is 10.0 Å². The van der Waals surface area contributed by atoms with Crippen molar-refractivity contribution in [1.82, 2.24) is 10.3 Å². The van der Waals surface area contributed by atoms with Gasteiger partial charge < -0.3 is 5.73 Å². The van der Waals surface area contributed by atoms with E-state index in [0.717, 1.165) is 40.8 Å². The van der Waals surface area contributed by atoms with Crippen LogP contribution in [0.1, 0.15) is 44.1 Å². The van der Waals surface area contributed by atoms with Crippen LogP contribution in [0.25, 0.3) is 22.4 Å². The Labute approximate surface area is 210 Å². The van der Waals surface area contributed by atoms with Crippen LogP contribution < -0.4 is 11.1 Å². The molecule has 0 saturated heterocycles. The van der Waals surface area contributed by atoms with Crippen LogP contribution >= 0.6 is 23.2 Å². The number of hydrogen-bond donors (Lipinski definition) is 2. The SMILES string of the molecule is NC(=NCc1cnc(-c2ccc(Cl)cc2)c(-c2ccc(Cl)cc2)c1)NC(=O)CC1CCCCC1. The summed E-state index contributed by atoms with van der Waals surface area (Å²) in [4.78, 5) is 21.4. The molecule has 34 heavy (non-hydrogen) atoms. The van der Waals surface area contributed by atoms with Gasteiger partial charge in [0, 0.05) is 33.8 Å². The minimum absolute atomic E-state index is 0.0637. The normalized spacial score (nSPS) is 14.7. The Kier molecular flexibility index (Phi) is 8.20. The number of hydrogen-bond acceptors (Lipinski definition) is 3. The highest BCUT2D eigenvalue weighted by Crippen LogP contribution is 2.32. The maximum Gasteiger partial charge on any atom is 0.226 e. The highest BCUT2D eigenvalue weighted by Gasteiger charge is 2.17. The standard InChI is InChI=1S/C27H28Cl2N4O/c28-22-10-6-20(7-11-22)24-14-19(16-31-26(24)21-8-12-23(29)13-9-21)17-32-27(30)33-25(34)15-18-4-2-1-3-5-18/h6-14,16,18H,1-5,15,17H2,(H3,30,32,33,34). The number of pyridine rings is 1. The highest BCUT2D eigenvalue weighted by molar-refractivity contribution is 6.31. The van der Waals surface area contributed by atoms with E-state index < -0.39 is 0 Å². The van der Waals surface area contributed by atoms with Gasteiger partial charge in [-0.1, -0.05) is 66.7 Å². The quantitative estimate of drug-likeness (QED) is 0.298. The average molecular weight is 495 g/mol. The first kappa shape index (κ1) is 24.2. The van der Waals surface area contributed by atoms with Crippen molar-refractivity contribution >= 4 is 35.1 Å². The van der Waals surface area contributed by atoms with Crippen LogP contribution in [-0.2, 0) is 11.3 Å². The number of halogens is 2. The van der Waals surface area contributed by atoms with E-state index in [1.54, 1.807) is 6.20 Å². The third-order valence-corrected chi connectivity index (χ3v) is 6.62. The van der Waals surface area contributed by atoms with Gasteiger partial charge in [-0.15, -0.1) is 0 Å². The lowest BCUT2D eigenvalue weighted by molar-refractivity contribution is -0.120. The zero-order chi connectivity index (χ0) is 23.9. The number of benzene rings is 2. The second-order valence-corrected chi connectivity index (χ2v) is 9.58. The van der Waals surface area contributed by atoms with Crippen LogP contribution in [0, 0.1) is 5.92 Å². The van der Waals surface area contributed by atoms with Crippen molar-refractivity contribution in [2.24, 2.45) is 16.6 Å². The van der Waals surface area contributed by atoms with Crippen molar-refractivity contribution in [1.29, 1.82) is 0 Å². The fourth-order valence-electron chi connectivity index (χ4n) is 4.35. The van der Waals surface area contributed by atoms with E-state index in [1.165, 1.54) is 19.3 Å². The van der Waals surface area contributed by atoms with Crippen LogP contribution in [-0.4, -0.2) is 16.9 Å². The van der Waals surface area contributed by atoms with E-state index in [-0.39, 0.29) is 11.9 Å². The molecule has 1 aromatic heterocycles. The number of nitrogens with one attached hydrogen (secondary N) is 1. The summed E-state index contributed by atoms with van der Waals surface area (Å²) in [6.45, 7) is 0.310. The summed E-state index contributed by atoms with van der Waals surface area (Å²) < 4.78 is 0. The Morgan fingerprint density at radius 1 is 0.971 bits per heavy atom. The first-order valence-corrected chi connectivity index (χ1v) is 12.3. The van der Waals surface area contributed by atoms with Gasteiger partial charge in [-0.3, -0.25) is 15.1 Å². The zero-order valence-corrected chi connectivity index (χ0v) is 20.4. The van der Waals surface area contributed by atoms with Crippen LogP contribution in [0.4, 0.5) is 0 Å². The molecular formula is C27H28Cl2N4O. The van der Waals surface area contributed by atoms with Gasteiger partial charge in [-0.25, -0.2) is 4.99 Å². The largest absolute Gasteiger partial charge is 0.370 e. The van der Waals surface area contributed by atoms with Gasteiger partial charge in [0.15, 0.2) is 5.96 Å². The Morgan fingerprint density at radius 3 is 2.24 bits per heavy atom. The topological polar surface area (TPSA) is 80.4 Å². The van der Waals surface area contributed by atoms with E-state index in [0.29, 0.717) is 28.9 Å². The third-order valence-electron chi connectivity index (χ3n) is 6.12. The molecule has 0 aliphatic heterocycles. The van der Waals surface area contributed by atoms with E-state index in [4.69, 9.17) is 33.9 Å². The molecule has 5 nitrogen and oxygen atoms in total. The van der Waals surface area contributed by atoms with Gasteiger partial charge >= 0.3 is 0 Å². The molecule has 0 bridgehead atoms. The molecule has 3 aromatic rings. The number of carbonyl (C=O) groups excluding carboxylic acids is 1. The number of guanidine groups is 1. The van der Waals surface area contributed by atoms with Gasteiger partial charge in [-0.2, -0.15) is 0 Å². The molecular weight excluding hydrogens is 467 g/mol. The first-order chi connectivity index (χ1) is 16.5. The number of nitrogens with zero attached hydrogens (tertiary/aromatic N) is 2. The molecule has 1 aliphatic carbocycles. The van der Waals surface area contributed by atoms with Crippen molar-refractivity contribution < 1.29 is 4.79 Å². The predicted octanol–water partition coefficient (Wildman–Crippen LogP) is 6.62. The monoisotopic (exact) mass is 494 g/mol. The van der Waals surface area contributed by atoms with E-state index in [9.17, 15) is 4.79 Å². The Balaban J connectivity index is 1.51. The minimum Gasteiger partial charge on any atom is -0.370 e. The summed E-state index contributed by atoms with van der Waals surface area (Å²) in [6.07, 6.45) is 8.20. The fourth-order valence-corrected chi connectivity index (χ4v) is 4.60. The van der Waals surface area contributed by atoms with Gasteiger partial charge in [0.1, 0.15) is 0 Å². The molecule has 0 spiro atoms. The van der Waals surface area contributed by atoms with Crippen molar-refractivity contribution in [2.75, 3.05) is 0 Å². The van der Waals surface area contributed by atoms with Gasteiger partial charge in [-0.05, 0) is 60.2 Å². The van der Waals surface area contributed by atoms with Gasteiger partial charge in [0.05, 0.1) is 12.2 Å². The van der Waals surface area contributed by atoms with E-state index in [1.807, 2.05) is 54.6 Å². The fraction of sp³-hybridized carbons (Fsp3) is 0.296. The summed E-state index contributed by atoms with van der Waals surface area (Å²) >= 11 is 12.2. The number of rotatable bonds is 6. The van der Waals surface area contributed by atoms with E-state index in [2.05, 4.69) is 10.3 Å². The molecule has 3 N–H and O–H groups in total. The summed E-state index contributed by atoms with van der Waals surface area (Å²) in [5.74, 6) is 0.523. The molecule has 176 valence electrons. The molecule has 1 amide bonds. The Hall–Kier alpha value is -2.89. The molecule has 0 atom stereocenters. The highest BCUT2D eigenvalue weighted by atomic mass is 35.5. The number of aromatic nitrogens is 1. The van der Waals surface area contributed by atoms with Gasteiger partial charge in [0.25, 0.3) is 0 Å². The maximum atomic E-state index is 12.3. The molecule has 0 radical (unpaired) electrons. The lowest BCUT2D eigenvalue weighted by Gasteiger charge is -2.20. The van der Waals surface area contributed by atoms with Crippen molar-refractivity contribution in [3.8, 4) is 22.4 Å². The molecule has 1 saturated carbocycles. The van der Waals surface area contributed by atoms with Crippen LogP contribution in [0.5, 0.6) is 0 Å². The summed E-state index contributed by atoms with van der Waals surface area (Å²) in [5.41, 5.74) is 10.6. The Morgan fingerprint density at radius 2 is 1.59 bits per heavy atom. The molecule has 0 unspecified atom stereocenters. The number of nitrogens with two attached hydrogens (primary N) is 1. The molecule has 1 aliphatic rings. The zero-order valence-electron chi connectivity index (χ0n) is 18.9. The smallest absolute Gasteiger partial charge is 0.226 e. The van der Waals surface area contributed by atoms with E-state index >= 15 is 0 Å². The van der Waals surface area contributed by atoms with Crippen LogP contribution in [0.15, 0.2) is 65.8 Å².